The monoisotopic (exact) mass is 228 g/mol. The maximum atomic E-state index is 12.2. The van der Waals surface area contributed by atoms with Gasteiger partial charge in [-0.05, 0) is 12.8 Å². The first kappa shape index (κ1) is 11.3. The number of hydrogen-bond donors (Lipinski definition) is 2. The summed E-state index contributed by atoms with van der Waals surface area (Å²) in [6.07, 6.45) is 1.54. The summed E-state index contributed by atoms with van der Waals surface area (Å²) in [5.41, 5.74) is 5.09. The molecule has 1 aliphatic heterocycles. The third kappa shape index (κ3) is 1.78. The van der Waals surface area contributed by atoms with Crippen LogP contribution in [-0.2, 0) is 14.3 Å². The van der Waals surface area contributed by atoms with Gasteiger partial charge in [0, 0.05) is 13.1 Å². The van der Waals surface area contributed by atoms with Gasteiger partial charge in [-0.2, -0.15) is 0 Å². The number of ether oxygens (including phenoxy) is 1. The van der Waals surface area contributed by atoms with Gasteiger partial charge in [0.25, 0.3) is 0 Å². The molecule has 0 spiro atoms. The van der Waals surface area contributed by atoms with E-state index in [2.05, 4.69) is 0 Å². The van der Waals surface area contributed by atoms with Gasteiger partial charge in [-0.25, -0.2) is 4.79 Å². The van der Waals surface area contributed by atoms with Gasteiger partial charge in [0.05, 0.1) is 18.6 Å². The van der Waals surface area contributed by atoms with Crippen LogP contribution in [0.3, 0.4) is 0 Å². The predicted octanol–water partition coefficient (Wildman–Crippen LogP) is -0.963. The Morgan fingerprint density at radius 1 is 1.50 bits per heavy atom. The summed E-state index contributed by atoms with van der Waals surface area (Å²) in [6, 6.07) is -0.856. The molecule has 1 saturated carbocycles. The molecule has 0 radical (unpaired) electrons. The number of carbonyl (C=O) groups excluding carboxylic acids is 1. The number of rotatable bonds is 3. The van der Waals surface area contributed by atoms with Crippen molar-refractivity contribution in [2.24, 2.45) is 11.1 Å². The molecule has 1 heterocycles. The Balaban J connectivity index is 2.11. The van der Waals surface area contributed by atoms with Crippen LogP contribution in [0.5, 0.6) is 0 Å². The van der Waals surface area contributed by atoms with Crippen molar-refractivity contribution in [2.75, 3.05) is 26.3 Å². The average Bonchev–Trinajstić information content (AvgIpc) is 3.09. The van der Waals surface area contributed by atoms with Crippen molar-refractivity contribution in [1.82, 2.24) is 4.90 Å². The number of nitrogens with two attached hydrogens (primary N) is 1. The maximum absolute atomic E-state index is 12.2. The number of nitrogens with zero attached hydrogens (tertiary/aromatic N) is 1. The Hall–Kier alpha value is -1.14. The van der Waals surface area contributed by atoms with Crippen molar-refractivity contribution in [3.05, 3.63) is 0 Å². The van der Waals surface area contributed by atoms with Crippen LogP contribution in [0.1, 0.15) is 12.8 Å². The Labute approximate surface area is 93.3 Å². The normalized spacial score (nSPS) is 27.6. The van der Waals surface area contributed by atoms with Gasteiger partial charge in [-0.3, -0.25) is 4.79 Å². The van der Waals surface area contributed by atoms with Crippen molar-refractivity contribution >= 4 is 11.9 Å². The van der Waals surface area contributed by atoms with Crippen molar-refractivity contribution in [3.63, 3.8) is 0 Å². The topological polar surface area (TPSA) is 92.9 Å². The van der Waals surface area contributed by atoms with Crippen LogP contribution in [0.25, 0.3) is 0 Å². The smallest absolute Gasteiger partial charge is 0.328 e. The minimum absolute atomic E-state index is 0.0712. The summed E-state index contributed by atoms with van der Waals surface area (Å²) >= 11 is 0. The zero-order valence-corrected chi connectivity index (χ0v) is 9.02. The molecule has 1 aliphatic carbocycles. The highest BCUT2D eigenvalue weighted by Gasteiger charge is 2.52. The number of carbonyl (C=O) groups is 2. The minimum atomic E-state index is -1.01. The van der Waals surface area contributed by atoms with Crippen LogP contribution in [0.15, 0.2) is 0 Å². The quantitative estimate of drug-likeness (QED) is 0.648. The standard InChI is InChI=1S/C10H16N2O4/c11-6-10(1-2-10)9(15)12-3-4-16-5-7(12)8(13)14/h7H,1-6,11H2,(H,13,14). The molecule has 2 aliphatic rings. The van der Waals surface area contributed by atoms with Crippen molar-refractivity contribution in [2.45, 2.75) is 18.9 Å². The van der Waals surface area contributed by atoms with Gasteiger partial charge < -0.3 is 20.5 Å². The molecule has 0 aromatic heterocycles. The number of amides is 1. The van der Waals surface area contributed by atoms with Gasteiger partial charge in [0.1, 0.15) is 0 Å². The first-order valence-electron chi connectivity index (χ1n) is 5.42. The van der Waals surface area contributed by atoms with Crippen molar-refractivity contribution < 1.29 is 19.4 Å². The summed E-state index contributed by atoms with van der Waals surface area (Å²) in [7, 11) is 0. The van der Waals surface area contributed by atoms with E-state index in [1.807, 2.05) is 0 Å². The zero-order chi connectivity index (χ0) is 11.8. The lowest BCUT2D eigenvalue weighted by Crippen LogP contribution is -2.55. The highest BCUT2D eigenvalue weighted by atomic mass is 16.5. The molecule has 2 rings (SSSR count). The van der Waals surface area contributed by atoms with Crippen molar-refractivity contribution in [1.29, 1.82) is 0 Å². The van der Waals surface area contributed by atoms with E-state index in [1.165, 1.54) is 4.90 Å². The molecule has 2 fully saturated rings. The van der Waals surface area contributed by atoms with Gasteiger partial charge in [-0.15, -0.1) is 0 Å². The number of hydrogen-bond acceptors (Lipinski definition) is 4. The van der Waals surface area contributed by atoms with Crippen LogP contribution >= 0.6 is 0 Å². The third-order valence-corrected chi connectivity index (χ3v) is 3.37. The summed E-state index contributed by atoms with van der Waals surface area (Å²) < 4.78 is 5.08. The van der Waals surface area contributed by atoms with Crippen LogP contribution in [-0.4, -0.2) is 54.2 Å². The lowest BCUT2D eigenvalue weighted by atomic mass is 10.0. The maximum Gasteiger partial charge on any atom is 0.328 e. The predicted molar refractivity (Wildman–Crippen MR) is 54.7 cm³/mol. The lowest BCUT2D eigenvalue weighted by Gasteiger charge is -2.35. The molecule has 0 aromatic rings. The molecule has 3 N–H and O–H groups in total. The van der Waals surface area contributed by atoms with Crippen LogP contribution in [0, 0.1) is 5.41 Å². The van der Waals surface area contributed by atoms with Gasteiger partial charge >= 0.3 is 5.97 Å². The molecule has 16 heavy (non-hydrogen) atoms. The summed E-state index contributed by atoms with van der Waals surface area (Å²) in [5.74, 6) is -1.13. The number of aliphatic carboxylic acids is 1. The van der Waals surface area contributed by atoms with Gasteiger partial charge in [-0.1, -0.05) is 0 Å². The van der Waals surface area contributed by atoms with E-state index in [0.717, 1.165) is 12.8 Å². The minimum Gasteiger partial charge on any atom is -0.480 e. The van der Waals surface area contributed by atoms with E-state index < -0.39 is 17.4 Å². The fourth-order valence-electron chi connectivity index (χ4n) is 2.01. The number of carboxylic acids is 1. The first-order valence-corrected chi connectivity index (χ1v) is 5.42. The number of carboxylic acid groups (broad SMARTS) is 1. The van der Waals surface area contributed by atoms with Crippen LogP contribution in [0.2, 0.25) is 0 Å². The molecule has 1 saturated heterocycles. The molecule has 6 heteroatoms. The van der Waals surface area contributed by atoms with Gasteiger partial charge in [0.2, 0.25) is 5.91 Å². The number of morpholine rings is 1. The van der Waals surface area contributed by atoms with Crippen LogP contribution in [0.4, 0.5) is 0 Å². The van der Waals surface area contributed by atoms with E-state index >= 15 is 0 Å². The average molecular weight is 228 g/mol. The molecule has 1 atom stereocenters. The Morgan fingerprint density at radius 2 is 2.19 bits per heavy atom. The SMILES string of the molecule is NCC1(C(=O)N2CCOCC2C(=O)O)CC1. The first-order chi connectivity index (χ1) is 7.60. The molecule has 6 nitrogen and oxygen atoms in total. The summed E-state index contributed by atoms with van der Waals surface area (Å²) in [5, 5.41) is 9.01. The fourth-order valence-corrected chi connectivity index (χ4v) is 2.01. The lowest BCUT2D eigenvalue weighted by molar-refractivity contribution is -0.160. The van der Waals surface area contributed by atoms with E-state index in [1.54, 1.807) is 0 Å². The zero-order valence-electron chi connectivity index (χ0n) is 9.02. The molecule has 1 unspecified atom stereocenters. The second-order valence-corrected chi connectivity index (χ2v) is 4.41. The van der Waals surface area contributed by atoms with E-state index in [4.69, 9.17) is 15.6 Å². The molecule has 0 aromatic carbocycles. The van der Waals surface area contributed by atoms with Crippen molar-refractivity contribution in [3.8, 4) is 0 Å². The highest BCUT2D eigenvalue weighted by Crippen LogP contribution is 2.46. The summed E-state index contributed by atoms with van der Waals surface area (Å²) in [4.78, 5) is 24.6. The molecular weight excluding hydrogens is 212 g/mol. The second-order valence-electron chi connectivity index (χ2n) is 4.41. The molecular formula is C10H16N2O4. The largest absolute Gasteiger partial charge is 0.480 e. The Bertz CT molecular complexity index is 314. The Kier molecular flexibility index (Phi) is 2.86. The molecule has 0 bridgehead atoms. The molecule has 1 amide bonds. The highest BCUT2D eigenvalue weighted by molar-refractivity contribution is 5.89. The van der Waals surface area contributed by atoms with E-state index in [0.29, 0.717) is 19.7 Å². The summed E-state index contributed by atoms with van der Waals surface area (Å²) in [6.45, 7) is 1.12. The van der Waals surface area contributed by atoms with Crippen LogP contribution < -0.4 is 5.73 Å². The third-order valence-electron chi connectivity index (χ3n) is 3.37. The van der Waals surface area contributed by atoms with E-state index in [-0.39, 0.29) is 12.5 Å². The fraction of sp³-hybridized carbons (Fsp3) is 0.800. The second kappa shape index (κ2) is 4.03. The molecule has 90 valence electrons. The Morgan fingerprint density at radius 3 is 2.69 bits per heavy atom. The van der Waals surface area contributed by atoms with Gasteiger partial charge in [0.15, 0.2) is 6.04 Å². The van der Waals surface area contributed by atoms with E-state index in [9.17, 15) is 9.59 Å².